The fraction of sp³-hybridized carbons (Fsp3) is 0.375. The second-order valence-corrected chi connectivity index (χ2v) is 8.55. The number of nitrogens with zero attached hydrogens (tertiary/aromatic N) is 5. The number of nitrogens with one attached hydrogen (secondary N) is 1. The van der Waals surface area contributed by atoms with E-state index >= 15 is 0 Å². The number of amides is 1. The summed E-state index contributed by atoms with van der Waals surface area (Å²) in [5, 5.41) is 2.95. The molecule has 0 aliphatic carbocycles. The van der Waals surface area contributed by atoms with Crippen LogP contribution in [-0.2, 0) is 6.18 Å². The number of aryl methyl sites for hydroxylation is 1. The van der Waals surface area contributed by atoms with Crippen LogP contribution >= 0.6 is 0 Å². The Morgan fingerprint density at radius 2 is 1.83 bits per heavy atom. The van der Waals surface area contributed by atoms with Crippen molar-refractivity contribution < 1.29 is 22.4 Å². The predicted octanol–water partition coefficient (Wildman–Crippen LogP) is 4.75. The predicted molar refractivity (Wildman–Crippen MR) is 121 cm³/mol. The van der Waals surface area contributed by atoms with Crippen molar-refractivity contribution in [1.29, 1.82) is 0 Å². The Morgan fingerprint density at radius 3 is 2.49 bits per heavy atom. The maximum Gasteiger partial charge on any atom is 0.419 e. The molecule has 1 amide bonds. The molecule has 1 aliphatic heterocycles. The fourth-order valence-corrected chi connectivity index (χ4v) is 4.32. The van der Waals surface area contributed by atoms with E-state index in [1.807, 2.05) is 6.92 Å². The number of piperidine rings is 1. The highest BCUT2D eigenvalue weighted by Gasteiger charge is 2.35. The highest BCUT2D eigenvalue weighted by atomic mass is 19.4. The number of carbonyl (C=O) groups excluding carboxylic acids is 1. The van der Waals surface area contributed by atoms with E-state index in [0.29, 0.717) is 24.5 Å². The van der Waals surface area contributed by atoms with Gasteiger partial charge >= 0.3 is 6.18 Å². The van der Waals surface area contributed by atoms with E-state index < -0.39 is 17.6 Å². The van der Waals surface area contributed by atoms with Crippen LogP contribution in [0.5, 0.6) is 0 Å². The number of anilines is 1. The lowest BCUT2D eigenvalue weighted by Gasteiger charge is -2.40. The Morgan fingerprint density at radius 1 is 1.14 bits per heavy atom. The van der Waals surface area contributed by atoms with Gasteiger partial charge in [-0.05, 0) is 43.4 Å². The van der Waals surface area contributed by atoms with Gasteiger partial charge in [0.2, 0.25) is 5.95 Å². The summed E-state index contributed by atoms with van der Waals surface area (Å²) in [6, 6.07) is 4.13. The number of hydrogen-bond donors (Lipinski definition) is 1. The monoisotopic (exact) mass is 488 g/mol. The zero-order valence-electron chi connectivity index (χ0n) is 19.2. The molecule has 1 saturated heterocycles. The Bertz CT molecular complexity index is 1190. The summed E-state index contributed by atoms with van der Waals surface area (Å²) in [5.41, 5.74) is -0.106. The first-order valence-electron chi connectivity index (χ1n) is 11.2. The lowest BCUT2D eigenvalue weighted by molar-refractivity contribution is -0.138. The molecule has 4 rings (SSSR count). The second-order valence-electron chi connectivity index (χ2n) is 8.55. The fourth-order valence-electron chi connectivity index (χ4n) is 4.32. The van der Waals surface area contributed by atoms with E-state index in [2.05, 4.69) is 25.3 Å². The molecule has 2 aromatic heterocycles. The van der Waals surface area contributed by atoms with Gasteiger partial charge in [0, 0.05) is 37.9 Å². The van der Waals surface area contributed by atoms with Gasteiger partial charge in [-0.25, -0.2) is 24.3 Å². The summed E-state index contributed by atoms with van der Waals surface area (Å²) in [5.74, 6) is -0.711. The van der Waals surface area contributed by atoms with Gasteiger partial charge in [0.05, 0.1) is 22.7 Å². The van der Waals surface area contributed by atoms with Gasteiger partial charge in [-0.2, -0.15) is 13.2 Å². The largest absolute Gasteiger partial charge is 0.419 e. The van der Waals surface area contributed by atoms with Gasteiger partial charge in [0.1, 0.15) is 5.82 Å². The lowest BCUT2D eigenvalue weighted by Crippen LogP contribution is -2.51. The van der Waals surface area contributed by atoms with E-state index in [1.54, 1.807) is 24.0 Å². The summed E-state index contributed by atoms with van der Waals surface area (Å²) in [7, 11) is 0. The van der Waals surface area contributed by atoms with Crippen LogP contribution in [0.15, 0.2) is 43.0 Å². The number of likely N-dealkylation sites (tertiary alicyclic amines) is 1. The van der Waals surface area contributed by atoms with Crippen molar-refractivity contribution in [2.24, 2.45) is 5.92 Å². The lowest BCUT2D eigenvalue weighted by atomic mass is 9.89. The molecule has 1 N–H and O–H groups in total. The van der Waals surface area contributed by atoms with Crippen LogP contribution in [0.25, 0.3) is 11.4 Å². The number of rotatable bonds is 5. The molecule has 2 unspecified atom stereocenters. The molecular weight excluding hydrogens is 464 g/mol. The quantitative estimate of drug-likeness (QED) is 0.522. The van der Waals surface area contributed by atoms with Crippen molar-refractivity contribution >= 4 is 11.9 Å². The first-order valence-corrected chi connectivity index (χ1v) is 11.2. The summed E-state index contributed by atoms with van der Waals surface area (Å²) < 4.78 is 53.3. The van der Waals surface area contributed by atoms with Crippen molar-refractivity contribution in [1.82, 2.24) is 24.8 Å². The topological polar surface area (TPSA) is 83.9 Å². The van der Waals surface area contributed by atoms with Gasteiger partial charge < -0.3 is 10.2 Å². The van der Waals surface area contributed by atoms with Gasteiger partial charge in [-0.1, -0.05) is 13.0 Å². The van der Waals surface area contributed by atoms with Crippen LogP contribution in [0.1, 0.15) is 41.3 Å². The van der Waals surface area contributed by atoms with E-state index in [0.717, 1.165) is 12.8 Å². The van der Waals surface area contributed by atoms with Crippen molar-refractivity contribution in [3.63, 3.8) is 0 Å². The number of hydrogen-bond acceptors (Lipinski definition) is 6. The van der Waals surface area contributed by atoms with E-state index in [4.69, 9.17) is 0 Å². The Labute approximate surface area is 199 Å². The average molecular weight is 488 g/mol. The molecule has 0 radical (unpaired) electrons. The number of aromatic nitrogens is 4. The molecular formula is C24H24F4N6O. The second kappa shape index (κ2) is 9.93. The molecule has 7 nitrogen and oxygen atoms in total. The Hall–Kier alpha value is -3.63. The zero-order chi connectivity index (χ0) is 25.2. The van der Waals surface area contributed by atoms with Crippen molar-refractivity contribution in [3.8, 4) is 11.4 Å². The Balaban J connectivity index is 1.61. The maximum atomic E-state index is 14.9. The maximum absolute atomic E-state index is 14.9. The third-order valence-electron chi connectivity index (χ3n) is 6.19. The van der Waals surface area contributed by atoms with E-state index in [-0.39, 0.29) is 47.3 Å². The van der Waals surface area contributed by atoms with Crippen LogP contribution in [0, 0.1) is 18.7 Å². The molecule has 35 heavy (non-hydrogen) atoms. The van der Waals surface area contributed by atoms with E-state index in [9.17, 15) is 22.4 Å². The molecule has 1 aromatic carbocycles. The van der Waals surface area contributed by atoms with Crippen LogP contribution in [-0.4, -0.2) is 49.9 Å². The van der Waals surface area contributed by atoms with Crippen LogP contribution in [0.2, 0.25) is 0 Å². The third-order valence-corrected chi connectivity index (χ3v) is 6.19. The SMILES string of the molecule is Cc1ccc(F)c(-c2ncccn2)c1C(=O)N1CCCC(C)C1CNc1ncc(C(F)(F)F)cn1. The standard InChI is InChI=1S/C24H24F4N6O/c1-14-5-3-10-34(18(14)13-33-23-31-11-16(12-32-23)24(26,27)28)22(35)19-15(2)6-7-17(25)20(19)21-29-8-4-9-30-21/h4,6-9,11-12,14,18H,3,5,10,13H2,1-2H3,(H,31,32,33). The van der Waals surface area contributed by atoms with Gasteiger partial charge in [-0.3, -0.25) is 4.79 Å². The van der Waals surface area contributed by atoms with Crippen molar-refractivity contribution in [3.05, 3.63) is 65.5 Å². The average Bonchev–Trinajstić information content (AvgIpc) is 2.84. The minimum atomic E-state index is -4.53. The summed E-state index contributed by atoms with van der Waals surface area (Å²) >= 11 is 0. The molecule has 1 aliphatic rings. The normalized spacial score (nSPS) is 18.4. The Kier molecular flexibility index (Phi) is 6.95. The molecule has 3 aromatic rings. The number of carbonyl (C=O) groups is 1. The highest BCUT2D eigenvalue weighted by Crippen LogP contribution is 2.32. The van der Waals surface area contributed by atoms with Gasteiger partial charge in [0.15, 0.2) is 5.82 Å². The van der Waals surface area contributed by atoms with Crippen LogP contribution < -0.4 is 5.32 Å². The number of benzene rings is 1. The van der Waals surface area contributed by atoms with Crippen molar-refractivity contribution in [2.45, 2.75) is 38.9 Å². The number of halogens is 4. The van der Waals surface area contributed by atoms with Crippen molar-refractivity contribution in [2.75, 3.05) is 18.4 Å². The molecule has 1 fully saturated rings. The van der Waals surface area contributed by atoms with Gasteiger partial charge in [-0.15, -0.1) is 0 Å². The summed E-state index contributed by atoms with van der Waals surface area (Å²) in [6.45, 7) is 4.41. The summed E-state index contributed by atoms with van der Waals surface area (Å²) in [4.78, 5) is 31.3. The van der Waals surface area contributed by atoms with Crippen LogP contribution in [0.4, 0.5) is 23.5 Å². The molecule has 3 heterocycles. The minimum Gasteiger partial charge on any atom is -0.352 e. The highest BCUT2D eigenvalue weighted by molar-refractivity contribution is 6.02. The molecule has 0 bridgehead atoms. The molecule has 184 valence electrons. The molecule has 2 atom stereocenters. The smallest absolute Gasteiger partial charge is 0.352 e. The first-order chi connectivity index (χ1) is 16.7. The van der Waals surface area contributed by atoms with E-state index in [1.165, 1.54) is 18.5 Å². The summed E-state index contributed by atoms with van der Waals surface area (Å²) in [6.07, 6.45) is 1.50. The number of alkyl halides is 3. The third kappa shape index (κ3) is 5.23. The minimum absolute atomic E-state index is 0.0310. The molecule has 0 spiro atoms. The first kappa shape index (κ1) is 24.5. The zero-order valence-corrected chi connectivity index (χ0v) is 19.2. The van der Waals surface area contributed by atoms with Crippen LogP contribution in [0.3, 0.4) is 0 Å². The molecule has 11 heteroatoms. The van der Waals surface area contributed by atoms with Gasteiger partial charge in [0.25, 0.3) is 5.91 Å². The molecule has 0 saturated carbocycles.